The van der Waals surface area contributed by atoms with Gasteiger partial charge in [-0.3, -0.25) is 4.99 Å². The molecule has 6 heteroatoms. The number of aryl methyl sites for hydroxylation is 1. The standard InChI is InChI=1S/C21H29N3O2.HI/c1-4-26-20-10-6-5-9-18(20)16-24-21(22-2)23-15-7-8-17-11-13-19(25-3)14-12-17;/h5-6,9-14H,4,7-8,15-16H2,1-3H3,(H2,22,23,24);1H. The van der Waals surface area contributed by atoms with Crippen molar-refractivity contribution in [2.75, 3.05) is 27.3 Å². The van der Waals surface area contributed by atoms with Gasteiger partial charge in [-0.1, -0.05) is 30.3 Å². The Bertz CT molecular complexity index is 690. The Morgan fingerprint density at radius 1 is 1.04 bits per heavy atom. The highest BCUT2D eigenvalue weighted by molar-refractivity contribution is 14.0. The van der Waals surface area contributed by atoms with Crippen LogP contribution in [0.25, 0.3) is 0 Å². The van der Waals surface area contributed by atoms with Gasteiger partial charge in [0, 0.05) is 25.7 Å². The van der Waals surface area contributed by atoms with Crippen molar-refractivity contribution in [2.24, 2.45) is 4.99 Å². The number of benzene rings is 2. The summed E-state index contributed by atoms with van der Waals surface area (Å²) >= 11 is 0. The molecule has 0 aromatic heterocycles. The SMILES string of the molecule is CCOc1ccccc1CNC(=NC)NCCCc1ccc(OC)cc1.I. The molecule has 2 aromatic carbocycles. The molecule has 0 bridgehead atoms. The van der Waals surface area contributed by atoms with Gasteiger partial charge in [0.05, 0.1) is 13.7 Å². The predicted octanol–water partition coefficient (Wildman–Crippen LogP) is 4.01. The summed E-state index contributed by atoms with van der Waals surface area (Å²) in [6.45, 7) is 4.19. The van der Waals surface area contributed by atoms with Crippen LogP contribution in [0.1, 0.15) is 24.5 Å². The van der Waals surface area contributed by atoms with Gasteiger partial charge in [-0.25, -0.2) is 0 Å². The summed E-state index contributed by atoms with van der Waals surface area (Å²) in [5.41, 5.74) is 2.43. The molecule has 0 unspecified atom stereocenters. The number of ether oxygens (including phenoxy) is 2. The van der Waals surface area contributed by atoms with E-state index in [0.29, 0.717) is 13.2 Å². The second-order valence-corrected chi connectivity index (χ2v) is 5.84. The molecular weight excluding hydrogens is 453 g/mol. The van der Waals surface area contributed by atoms with Crippen molar-refractivity contribution in [3.05, 3.63) is 59.7 Å². The number of methoxy groups -OCH3 is 1. The van der Waals surface area contributed by atoms with Crippen molar-refractivity contribution in [3.8, 4) is 11.5 Å². The van der Waals surface area contributed by atoms with Gasteiger partial charge in [-0.05, 0) is 43.5 Å². The van der Waals surface area contributed by atoms with E-state index in [4.69, 9.17) is 9.47 Å². The normalized spacial score (nSPS) is 10.7. The van der Waals surface area contributed by atoms with Gasteiger partial charge >= 0.3 is 0 Å². The molecule has 0 amide bonds. The van der Waals surface area contributed by atoms with Gasteiger partial charge in [-0.2, -0.15) is 0 Å². The Morgan fingerprint density at radius 2 is 1.78 bits per heavy atom. The number of para-hydroxylation sites is 1. The third-order valence-electron chi connectivity index (χ3n) is 4.04. The van der Waals surface area contributed by atoms with Crippen molar-refractivity contribution >= 4 is 29.9 Å². The molecule has 0 saturated heterocycles. The van der Waals surface area contributed by atoms with Crippen LogP contribution >= 0.6 is 24.0 Å². The average molecular weight is 483 g/mol. The molecule has 0 heterocycles. The molecule has 5 nitrogen and oxygen atoms in total. The van der Waals surface area contributed by atoms with Crippen molar-refractivity contribution in [3.63, 3.8) is 0 Å². The van der Waals surface area contributed by atoms with Gasteiger partial charge in [0.1, 0.15) is 11.5 Å². The number of halogens is 1. The molecule has 0 saturated carbocycles. The fraction of sp³-hybridized carbons (Fsp3) is 0.381. The molecule has 0 atom stereocenters. The van der Waals surface area contributed by atoms with Crippen molar-refractivity contribution < 1.29 is 9.47 Å². The molecule has 0 aliphatic carbocycles. The Labute approximate surface area is 179 Å². The average Bonchev–Trinajstić information content (AvgIpc) is 2.69. The first-order valence-electron chi connectivity index (χ1n) is 9.05. The fourth-order valence-corrected chi connectivity index (χ4v) is 2.64. The molecule has 0 aliphatic heterocycles. The maximum atomic E-state index is 5.66. The molecule has 27 heavy (non-hydrogen) atoms. The number of hydrogen-bond acceptors (Lipinski definition) is 3. The van der Waals surface area contributed by atoms with E-state index in [1.807, 2.05) is 37.3 Å². The predicted molar refractivity (Wildman–Crippen MR) is 123 cm³/mol. The Morgan fingerprint density at radius 3 is 2.44 bits per heavy atom. The lowest BCUT2D eigenvalue weighted by molar-refractivity contribution is 0.336. The zero-order valence-electron chi connectivity index (χ0n) is 16.3. The van der Waals surface area contributed by atoms with Crippen LogP contribution in [0.5, 0.6) is 11.5 Å². The summed E-state index contributed by atoms with van der Waals surface area (Å²) < 4.78 is 10.8. The Hall–Kier alpha value is -1.96. The molecule has 0 radical (unpaired) electrons. The highest BCUT2D eigenvalue weighted by Gasteiger charge is 2.04. The maximum absolute atomic E-state index is 5.66. The number of hydrogen-bond donors (Lipinski definition) is 2. The van der Waals surface area contributed by atoms with E-state index in [9.17, 15) is 0 Å². The maximum Gasteiger partial charge on any atom is 0.191 e. The number of nitrogens with zero attached hydrogens (tertiary/aromatic N) is 1. The van der Waals surface area contributed by atoms with E-state index in [0.717, 1.165) is 42.4 Å². The minimum atomic E-state index is 0. The number of nitrogens with one attached hydrogen (secondary N) is 2. The molecule has 148 valence electrons. The van der Waals surface area contributed by atoms with Crippen LogP contribution in [-0.2, 0) is 13.0 Å². The zero-order valence-corrected chi connectivity index (χ0v) is 18.7. The summed E-state index contributed by atoms with van der Waals surface area (Å²) in [6, 6.07) is 16.3. The number of aliphatic imine (C=N–C) groups is 1. The van der Waals surface area contributed by atoms with Crippen molar-refractivity contribution in [1.82, 2.24) is 10.6 Å². The number of rotatable bonds is 9. The lowest BCUT2D eigenvalue weighted by Gasteiger charge is -2.14. The van der Waals surface area contributed by atoms with Crippen LogP contribution in [0.4, 0.5) is 0 Å². The van der Waals surface area contributed by atoms with Crippen LogP contribution in [-0.4, -0.2) is 33.3 Å². The summed E-state index contributed by atoms with van der Waals surface area (Å²) in [7, 11) is 3.47. The summed E-state index contributed by atoms with van der Waals surface area (Å²) in [5.74, 6) is 2.60. The fourth-order valence-electron chi connectivity index (χ4n) is 2.64. The van der Waals surface area contributed by atoms with Crippen LogP contribution in [0.2, 0.25) is 0 Å². The molecule has 0 aliphatic rings. The zero-order chi connectivity index (χ0) is 18.6. The van der Waals surface area contributed by atoms with Gasteiger partial charge in [0.15, 0.2) is 5.96 Å². The van der Waals surface area contributed by atoms with Crippen molar-refractivity contribution in [2.45, 2.75) is 26.3 Å². The van der Waals surface area contributed by atoms with Crippen molar-refractivity contribution in [1.29, 1.82) is 0 Å². The van der Waals surface area contributed by atoms with E-state index in [1.165, 1.54) is 5.56 Å². The summed E-state index contributed by atoms with van der Waals surface area (Å²) in [4.78, 5) is 4.28. The van der Waals surface area contributed by atoms with Crippen LogP contribution in [0.15, 0.2) is 53.5 Å². The summed E-state index contributed by atoms with van der Waals surface area (Å²) in [6.07, 6.45) is 2.05. The third kappa shape index (κ3) is 8.07. The van der Waals surface area contributed by atoms with E-state index in [-0.39, 0.29) is 24.0 Å². The molecule has 0 fully saturated rings. The van der Waals surface area contributed by atoms with E-state index >= 15 is 0 Å². The lowest BCUT2D eigenvalue weighted by atomic mass is 10.1. The van der Waals surface area contributed by atoms with E-state index in [1.54, 1.807) is 14.2 Å². The molecule has 2 N–H and O–H groups in total. The topological polar surface area (TPSA) is 54.9 Å². The smallest absolute Gasteiger partial charge is 0.191 e. The minimum Gasteiger partial charge on any atom is -0.497 e. The first kappa shape index (κ1) is 23.1. The van der Waals surface area contributed by atoms with Crippen LogP contribution in [0.3, 0.4) is 0 Å². The molecule has 0 spiro atoms. The van der Waals surface area contributed by atoms with Crippen LogP contribution < -0.4 is 20.1 Å². The highest BCUT2D eigenvalue weighted by Crippen LogP contribution is 2.17. The molecule has 2 rings (SSSR count). The van der Waals surface area contributed by atoms with E-state index in [2.05, 4.69) is 33.8 Å². The second kappa shape index (κ2) is 13.2. The van der Waals surface area contributed by atoms with Gasteiger partial charge < -0.3 is 20.1 Å². The second-order valence-electron chi connectivity index (χ2n) is 5.84. The quantitative estimate of drug-likeness (QED) is 0.245. The molecule has 2 aromatic rings. The van der Waals surface area contributed by atoms with Crippen LogP contribution in [0, 0.1) is 0 Å². The minimum absolute atomic E-state index is 0. The first-order chi connectivity index (χ1) is 12.8. The largest absolute Gasteiger partial charge is 0.497 e. The Balaban J connectivity index is 0.00000364. The third-order valence-corrected chi connectivity index (χ3v) is 4.04. The van der Waals surface area contributed by atoms with Gasteiger partial charge in [0.2, 0.25) is 0 Å². The lowest BCUT2D eigenvalue weighted by Crippen LogP contribution is -2.37. The first-order valence-corrected chi connectivity index (χ1v) is 9.05. The molecular formula is C21H30IN3O2. The summed E-state index contributed by atoms with van der Waals surface area (Å²) in [5, 5.41) is 6.70. The van der Waals surface area contributed by atoms with Gasteiger partial charge in [-0.15, -0.1) is 24.0 Å². The highest BCUT2D eigenvalue weighted by atomic mass is 127. The monoisotopic (exact) mass is 483 g/mol. The van der Waals surface area contributed by atoms with E-state index < -0.39 is 0 Å². The van der Waals surface area contributed by atoms with Gasteiger partial charge in [0.25, 0.3) is 0 Å². The Kier molecular flexibility index (Phi) is 11.3. The number of guanidine groups is 1.